The second-order valence-corrected chi connectivity index (χ2v) is 7.07. The van der Waals surface area contributed by atoms with Crippen LogP contribution in [0.25, 0.3) is 0 Å². The topological polar surface area (TPSA) is 58.8 Å². The Morgan fingerprint density at radius 2 is 1.83 bits per heavy atom. The van der Waals surface area contributed by atoms with Crippen LogP contribution in [0.2, 0.25) is 0 Å². The molecule has 1 amide bonds. The van der Waals surface area contributed by atoms with E-state index in [2.05, 4.69) is 23.1 Å². The molecule has 0 atom stereocenters. The highest BCUT2D eigenvalue weighted by Gasteiger charge is 2.24. The van der Waals surface area contributed by atoms with Gasteiger partial charge >= 0.3 is 6.09 Å². The molecule has 5 heteroatoms. The van der Waals surface area contributed by atoms with Gasteiger partial charge in [-0.05, 0) is 38.3 Å². The number of carbonyl (C=O) groups is 1. The van der Waals surface area contributed by atoms with Gasteiger partial charge < -0.3 is 15.4 Å². The molecular weight excluding hydrogens is 290 g/mol. The largest absolute Gasteiger partial charge is 0.444 e. The highest BCUT2D eigenvalue weighted by Crippen LogP contribution is 2.15. The third-order valence-corrected chi connectivity index (χ3v) is 3.97. The van der Waals surface area contributed by atoms with E-state index in [0.717, 1.165) is 32.6 Å². The van der Waals surface area contributed by atoms with E-state index < -0.39 is 5.60 Å². The predicted octanol–water partition coefficient (Wildman–Crippen LogP) is 2.59. The van der Waals surface area contributed by atoms with E-state index in [4.69, 9.17) is 10.5 Å². The molecule has 0 unspecified atom stereocenters. The fourth-order valence-electron chi connectivity index (χ4n) is 2.79. The Morgan fingerprint density at radius 3 is 2.48 bits per heavy atom. The maximum absolute atomic E-state index is 12.2. The maximum Gasteiger partial charge on any atom is 0.410 e. The van der Waals surface area contributed by atoms with Crippen LogP contribution in [0.3, 0.4) is 0 Å². The summed E-state index contributed by atoms with van der Waals surface area (Å²) in [7, 11) is 0. The molecule has 23 heavy (non-hydrogen) atoms. The van der Waals surface area contributed by atoms with Gasteiger partial charge in [-0.3, -0.25) is 4.90 Å². The number of rotatable bonds is 3. The summed E-state index contributed by atoms with van der Waals surface area (Å²) in [6, 6.07) is 8.30. The van der Waals surface area contributed by atoms with E-state index in [1.807, 2.05) is 31.7 Å². The van der Waals surface area contributed by atoms with Gasteiger partial charge in [0.2, 0.25) is 0 Å². The number of hydrogen-bond donors (Lipinski definition) is 1. The van der Waals surface area contributed by atoms with Crippen molar-refractivity contribution in [3.63, 3.8) is 0 Å². The fraction of sp³-hybridized carbons (Fsp3) is 0.611. The standard InChI is InChI=1S/C18H29N3O2/c1-18(2,3)23-17(22)21-10-6-9-20(11-12-21)14-16-8-5-4-7-15(16)13-19/h4-5,7-8H,6,9-14,19H2,1-3H3. The van der Waals surface area contributed by atoms with Crippen molar-refractivity contribution >= 4 is 6.09 Å². The number of nitrogens with two attached hydrogens (primary N) is 1. The third kappa shape index (κ3) is 5.52. The molecule has 5 nitrogen and oxygen atoms in total. The Hall–Kier alpha value is -1.59. The molecule has 0 bridgehead atoms. The van der Waals surface area contributed by atoms with Crippen molar-refractivity contribution in [2.24, 2.45) is 5.73 Å². The molecule has 2 rings (SSSR count). The van der Waals surface area contributed by atoms with Gasteiger partial charge in [0.25, 0.3) is 0 Å². The van der Waals surface area contributed by atoms with Gasteiger partial charge in [-0.15, -0.1) is 0 Å². The van der Waals surface area contributed by atoms with Gasteiger partial charge in [0, 0.05) is 39.3 Å². The van der Waals surface area contributed by atoms with Crippen molar-refractivity contribution in [2.45, 2.75) is 45.9 Å². The van der Waals surface area contributed by atoms with E-state index in [1.54, 1.807) is 0 Å². The van der Waals surface area contributed by atoms with Crippen LogP contribution in [0.1, 0.15) is 38.3 Å². The van der Waals surface area contributed by atoms with Gasteiger partial charge in [-0.1, -0.05) is 24.3 Å². The zero-order chi connectivity index (χ0) is 16.9. The lowest BCUT2D eigenvalue weighted by atomic mass is 10.1. The summed E-state index contributed by atoms with van der Waals surface area (Å²) in [5, 5.41) is 0. The third-order valence-electron chi connectivity index (χ3n) is 3.97. The fourth-order valence-corrected chi connectivity index (χ4v) is 2.79. The average Bonchev–Trinajstić information content (AvgIpc) is 2.72. The molecule has 2 N–H and O–H groups in total. The van der Waals surface area contributed by atoms with E-state index >= 15 is 0 Å². The lowest BCUT2D eigenvalue weighted by Crippen LogP contribution is -2.39. The molecule has 1 heterocycles. The monoisotopic (exact) mass is 319 g/mol. The molecule has 1 fully saturated rings. The van der Waals surface area contributed by atoms with Gasteiger partial charge in [0.1, 0.15) is 5.60 Å². The molecule has 1 aliphatic heterocycles. The first-order valence-corrected chi connectivity index (χ1v) is 8.36. The first kappa shape index (κ1) is 17.8. The second-order valence-electron chi connectivity index (χ2n) is 7.07. The van der Waals surface area contributed by atoms with Crippen LogP contribution in [0, 0.1) is 0 Å². The summed E-state index contributed by atoms with van der Waals surface area (Å²) < 4.78 is 5.47. The number of hydrogen-bond acceptors (Lipinski definition) is 4. The molecule has 0 saturated carbocycles. The minimum absolute atomic E-state index is 0.207. The Kier molecular flexibility index (Phi) is 6.02. The van der Waals surface area contributed by atoms with Crippen molar-refractivity contribution in [3.05, 3.63) is 35.4 Å². The number of amides is 1. The summed E-state index contributed by atoms with van der Waals surface area (Å²) in [5.41, 5.74) is 7.85. The van der Waals surface area contributed by atoms with Crippen LogP contribution in [0.5, 0.6) is 0 Å². The Balaban J connectivity index is 1.92. The molecule has 1 saturated heterocycles. The SMILES string of the molecule is CC(C)(C)OC(=O)N1CCCN(Cc2ccccc2CN)CC1. The number of carbonyl (C=O) groups excluding carboxylic acids is 1. The summed E-state index contributed by atoms with van der Waals surface area (Å²) in [6.07, 6.45) is 0.756. The zero-order valence-electron chi connectivity index (χ0n) is 14.5. The van der Waals surface area contributed by atoms with Crippen LogP contribution in [0.15, 0.2) is 24.3 Å². The van der Waals surface area contributed by atoms with Crippen molar-refractivity contribution in [2.75, 3.05) is 26.2 Å². The summed E-state index contributed by atoms with van der Waals surface area (Å²) >= 11 is 0. The highest BCUT2D eigenvalue weighted by molar-refractivity contribution is 5.68. The van der Waals surface area contributed by atoms with E-state index in [-0.39, 0.29) is 6.09 Å². The second kappa shape index (κ2) is 7.79. The van der Waals surface area contributed by atoms with Crippen LogP contribution in [-0.2, 0) is 17.8 Å². The van der Waals surface area contributed by atoms with Gasteiger partial charge in [-0.25, -0.2) is 4.79 Å². The summed E-state index contributed by atoms with van der Waals surface area (Å²) in [6.45, 7) is 10.5. The molecule has 0 spiro atoms. The van der Waals surface area contributed by atoms with E-state index in [9.17, 15) is 4.79 Å². The molecule has 0 aromatic heterocycles. The molecule has 128 valence electrons. The van der Waals surface area contributed by atoms with E-state index in [0.29, 0.717) is 13.1 Å². The summed E-state index contributed by atoms with van der Waals surface area (Å²) in [5.74, 6) is 0. The molecule has 1 aromatic rings. The molecule has 0 radical (unpaired) electrons. The van der Waals surface area contributed by atoms with Gasteiger partial charge in [0.15, 0.2) is 0 Å². The normalized spacial score (nSPS) is 17.0. The van der Waals surface area contributed by atoms with Crippen molar-refractivity contribution in [1.82, 2.24) is 9.80 Å². The maximum atomic E-state index is 12.2. The molecular formula is C18H29N3O2. The smallest absolute Gasteiger partial charge is 0.410 e. The quantitative estimate of drug-likeness (QED) is 0.930. The van der Waals surface area contributed by atoms with Crippen LogP contribution < -0.4 is 5.73 Å². The lowest BCUT2D eigenvalue weighted by molar-refractivity contribution is 0.0257. The minimum atomic E-state index is -0.441. The Bertz CT molecular complexity index is 525. The first-order valence-electron chi connectivity index (χ1n) is 8.36. The van der Waals surface area contributed by atoms with Gasteiger partial charge in [-0.2, -0.15) is 0 Å². The van der Waals surface area contributed by atoms with Crippen molar-refractivity contribution in [1.29, 1.82) is 0 Å². The van der Waals surface area contributed by atoms with Crippen LogP contribution in [0.4, 0.5) is 4.79 Å². The van der Waals surface area contributed by atoms with E-state index in [1.165, 1.54) is 11.1 Å². The molecule has 0 aliphatic carbocycles. The van der Waals surface area contributed by atoms with Gasteiger partial charge in [0.05, 0.1) is 0 Å². The minimum Gasteiger partial charge on any atom is -0.444 e. The van der Waals surface area contributed by atoms with Crippen LogP contribution >= 0.6 is 0 Å². The lowest BCUT2D eigenvalue weighted by Gasteiger charge is -2.26. The Morgan fingerprint density at radius 1 is 1.13 bits per heavy atom. The average molecular weight is 319 g/mol. The molecule has 1 aromatic carbocycles. The number of benzene rings is 1. The Labute approximate surface area is 139 Å². The van der Waals surface area contributed by atoms with Crippen molar-refractivity contribution < 1.29 is 9.53 Å². The number of ether oxygens (including phenoxy) is 1. The number of nitrogens with zero attached hydrogens (tertiary/aromatic N) is 2. The molecule has 1 aliphatic rings. The zero-order valence-corrected chi connectivity index (χ0v) is 14.5. The summed E-state index contributed by atoms with van der Waals surface area (Å²) in [4.78, 5) is 16.4. The highest BCUT2D eigenvalue weighted by atomic mass is 16.6. The van der Waals surface area contributed by atoms with Crippen molar-refractivity contribution in [3.8, 4) is 0 Å². The first-order chi connectivity index (χ1) is 10.9. The van der Waals surface area contributed by atoms with Crippen LogP contribution in [-0.4, -0.2) is 47.7 Å². The predicted molar refractivity (Wildman–Crippen MR) is 92.0 cm³/mol.